The van der Waals surface area contributed by atoms with Crippen LogP contribution in [0.15, 0.2) is 75.8 Å². The van der Waals surface area contributed by atoms with E-state index in [0.29, 0.717) is 17.8 Å². The molecular formula is C21H17BrN2O2. The Morgan fingerprint density at radius 3 is 2.65 bits per heavy atom. The van der Waals surface area contributed by atoms with Gasteiger partial charge in [0.2, 0.25) is 0 Å². The molecule has 130 valence electrons. The van der Waals surface area contributed by atoms with Crippen molar-refractivity contribution in [2.45, 2.75) is 13.5 Å². The lowest BCUT2D eigenvalue weighted by atomic mass is 10.1. The van der Waals surface area contributed by atoms with Crippen LogP contribution in [-0.4, -0.2) is 10.5 Å². The van der Waals surface area contributed by atoms with Crippen molar-refractivity contribution in [2.24, 2.45) is 0 Å². The van der Waals surface area contributed by atoms with Crippen molar-refractivity contribution in [1.29, 1.82) is 0 Å². The van der Waals surface area contributed by atoms with E-state index in [-0.39, 0.29) is 5.91 Å². The molecule has 4 nitrogen and oxygen atoms in total. The smallest absolute Gasteiger partial charge is 0.272 e. The van der Waals surface area contributed by atoms with E-state index in [4.69, 9.17) is 4.42 Å². The number of hydrogen-bond acceptors (Lipinski definition) is 2. The third-order valence-corrected chi connectivity index (χ3v) is 4.98. The summed E-state index contributed by atoms with van der Waals surface area (Å²) in [4.78, 5) is 12.9. The van der Waals surface area contributed by atoms with Gasteiger partial charge in [-0.1, -0.05) is 40.2 Å². The minimum absolute atomic E-state index is 0.160. The first-order valence-electron chi connectivity index (χ1n) is 8.30. The number of hydrogen-bond donors (Lipinski definition) is 1. The minimum Gasteiger partial charge on any atom is -0.463 e. The quantitative estimate of drug-likeness (QED) is 0.477. The normalized spacial score (nSPS) is 11.0. The Balaban J connectivity index is 1.70. The summed E-state index contributed by atoms with van der Waals surface area (Å²) in [5, 5.41) is 2.95. The van der Waals surface area contributed by atoms with Crippen LogP contribution < -0.4 is 5.32 Å². The second-order valence-corrected chi connectivity index (χ2v) is 7.09. The van der Waals surface area contributed by atoms with Crippen molar-refractivity contribution in [3.05, 3.63) is 88.2 Å². The summed E-state index contributed by atoms with van der Waals surface area (Å²) in [5.74, 6) is -0.160. The third kappa shape index (κ3) is 3.18. The molecule has 2 aromatic heterocycles. The first-order chi connectivity index (χ1) is 12.6. The molecule has 1 amide bonds. The van der Waals surface area contributed by atoms with Gasteiger partial charge >= 0.3 is 0 Å². The number of furan rings is 1. The summed E-state index contributed by atoms with van der Waals surface area (Å²) in [6.45, 7) is 2.69. The predicted octanol–water partition coefficient (Wildman–Crippen LogP) is 5.61. The van der Waals surface area contributed by atoms with E-state index in [1.54, 1.807) is 12.3 Å². The Morgan fingerprint density at radius 2 is 1.88 bits per heavy atom. The fourth-order valence-corrected chi connectivity index (χ4v) is 3.29. The minimum atomic E-state index is -0.160. The van der Waals surface area contributed by atoms with Gasteiger partial charge in [0, 0.05) is 28.8 Å². The monoisotopic (exact) mass is 408 g/mol. The van der Waals surface area contributed by atoms with Gasteiger partial charge in [-0.05, 0) is 42.3 Å². The summed E-state index contributed by atoms with van der Waals surface area (Å²) >= 11 is 3.40. The van der Waals surface area contributed by atoms with Crippen LogP contribution in [-0.2, 0) is 6.54 Å². The molecule has 2 heterocycles. The molecule has 0 aliphatic carbocycles. The summed E-state index contributed by atoms with van der Waals surface area (Å²) in [6, 6.07) is 19.4. The summed E-state index contributed by atoms with van der Waals surface area (Å²) < 4.78 is 8.48. The lowest BCUT2D eigenvalue weighted by Gasteiger charge is -2.12. The maximum atomic E-state index is 12.9. The van der Waals surface area contributed by atoms with E-state index < -0.39 is 0 Å². The summed E-state index contributed by atoms with van der Waals surface area (Å²) in [6.07, 6.45) is 1.65. The topological polar surface area (TPSA) is 47.2 Å². The Hall–Kier alpha value is -2.79. The van der Waals surface area contributed by atoms with E-state index in [1.807, 2.05) is 47.0 Å². The number of carbonyl (C=O) groups is 1. The molecule has 4 rings (SSSR count). The van der Waals surface area contributed by atoms with E-state index in [9.17, 15) is 4.79 Å². The van der Waals surface area contributed by atoms with Crippen LogP contribution in [0, 0.1) is 6.92 Å². The van der Waals surface area contributed by atoms with Crippen molar-refractivity contribution in [3.8, 4) is 0 Å². The highest BCUT2D eigenvalue weighted by Crippen LogP contribution is 2.24. The van der Waals surface area contributed by atoms with Crippen molar-refractivity contribution in [3.63, 3.8) is 0 Å². The fourth-order valence-electron chi connectivity index (χ4n) is 3.02. The fraction of sp³-hybridized carbons (Fsp3) is 0.0952. The first-order valence-corrected chi connectivity index (χ1v) is 9.09. The number of aromatic nitrogens is 1. The molecular weight excluding hydrogens is 392 g/mol. The second kappa shape index (κ2) is 6.84. The van der Waals surface area contributed by atoms with Crippen molar-refractivity contribution >= 4 is 38.6 Å². The molecule has 0 aliphatic rings. The Morgan fingerprint density at radius 1 is 1.12 bits per heavy atom. The van der Waals surface area contributed by atoms with Gasteiger partial charge in [-0.2, -0.15) is 0 Å². The second-order valence-electron chi connectivity index (χ2n) is 6.17. The van der Waals surface area contributed by atoms with E-state index in [0.717, 1.165) is 15.7 Å². The van der Waals surface area contributed by atoms with E-state index in [1.165, 1.54) is 11.1 Å². The molecule has 0 unspecified atom stereocenters. The van der Waals surface area contributed by atoms with Crippen LogP contribution in [0.2, 0.25) is 0 Å². The zero-order valence-electron chi connectivity index (χ0n) is 14.2. The Kier molecular flexibility index (Phi) is 4.39. The first kappa shape index (κ1) is 16.7. The van der Waals surface area contributed by atoms with Crippen molar-refractivity contribution in [2.75, 3.05) is 5.32 Å². The number of rotatable bonds is 4. The predicted molar refractivity (Wildman–Crippen MR) is 107 cm³/mol. The number of benzene rings is 2. The molecule has 0 fully saturated rings. The number of nitrogens with one attached hydrogen (secondary N) is 1. The molecule has 0 spiro atoms. The van der Waals surface area contributed by atoms with E-state index >= 15 is 0 Å². The van der Waals surface area contributed by atoms with Gasteiger partial charge in [-0.3, -0.25) is 4.79 Å². The van der Waals surface area contributed by atoms with Crippen LogP contribution in [0.25, 0.3) is 11.1 Å². The molecule has 0 saturated carbocycles. The SMILES string of the molecule is Cc1ccccc1Cn1c(C(=O)Nc2ccc(Br)cc2)cc2occc21. The molecule has 0 bridgehead atoms. The average molecular weight is 409 g/mol. The molecule has 4 aromatic rings. The van der Waals surface area contributed by atoms with Crippen LogP contribution in [0.5, 0.6) is 0 Å². The standard InChI is InChI=1S/C21H17BrN2O2/c1-14-4-2-3-5-15(14)13-24-18-10-11-26-20(18)12-19(24)21(25)23-17-8-6-16(22)7-9-17/h2-12H,13H2,1H3,(H,23,25). The summed E-state index contributed by atoms with van der Waals surface area (Å²) in [5.41, 5.74) is 5.30. The Labute approximate surface area is 159 Å². The lowest BCUT2D eigenvalue weighted by molar-refractivity contribution is 0.101. The maximum Gasteiger partial charge on any atom is 0.272 e. The van der Waals surface area contributed by atoms with Gasteiger partial charge < -0.3 is 14.3 Å². The van der Waals surface area contributed by atoms with Gasteiger partial charge in [0.1, 0.15) is 5.69 Å². The highest BCUT2D eigenvalue weighted by Gasteiger charge is 2.18. The van der Waals surface area contributed by atoms with Crippen molar-refractivity contribution in [1.82, 2.24) is 4.57 Å². The van der Waals surface area contributed by atoms with Crippen LogP contribution in [0.4, 0.5) is 5.69 Å². The number of amides is 1. The van der Waals surface area contributed by atoms with Crippen LogP contribution in [0.3, 0.4) is 0 Å². The summed E-state index contributed by atoms with van der Waals surface area (Å²) in [7, 11) is 0. The maximum absolute atomic E-state index is 12.9. The van der Waals surface area contributed by atoms with Crippen LogP contribution >= 0.6 is 15.9 Å². The molecule has 0 radical (unpaired) electrons. The lowest BCUT2D eigenvalue weighted by Crippen LogP contribution is -2.17. The number of carbonyl (C=O) groups excluding carboxylic acids is 1. The molecule has 1 N–H and O–H groups in total. The zero-order valence-corrected chi connectivity index (χ0v) is 15.8. The molecule has 26 heavy (non-hydrogen) atoms. The van der Waals surface area contributed by atoms with Crippen LogP contribution in [0.1, 0.15) is 21.6 Å². The Bertz CT molecular complexity index is 1080. The third-order valence-electron chi connectivity index (χ3n) is 4.45. The number of nitrogens with zero attached hydrogens (tertiary/aromatic N) is 1. The van der Waals surface area contributed by atoms with Gasteiger partial charge in [0.15, 0.2) is 5.58 Å². The molecule has 5 heteroatoms. The molecule has 0 saturated heterocycles. The van der Waals surface area contributed by atoms with Gasteiger partial charge in [0.05, 0.1) is 11.8 Å². The largest absolute Gasteiger partial charge is 0.463 e. The average Bonchev–Trinajstić information content (AvgIpc) is 3.21. The number of aryl methyl sites for hydroxylation is 1. The molecule has 0 aliphatic heterocycles. The molecule has 0 atom stereocenters. The zero-order chi connectivity index (χ0) is 18.1. The number of anilines is 1. The van der Waals surface area contributed by atoms with Gasteiger partial charge in [-0.15, -0.1) is 0 Å². The van der Waals surface area contributed by atoms with Gasteiger partial charge in [0.25, 0.3) is 5.91 Å². The van der Waals surface area contributed by atoms with Crippen molar-refractivity contribution < 1.29 is 9.21 Å². The number of fused-ring (bicyclic) bond motifs is 1. The molecule has 2 aromatic carbocycles. The van der Waals surface area contributed by atoms with Gasteiger partial charge in [-0.25, -0.2) is 0 Å². The van der Waals surface area contributed by atoms with E-state index in [2.05, 4.69) is 40.3 Å². The number of halogens is 1. The highest BCUT2D eigenvalue weighted by atomic mass is 79.9. The highest BCUT2D eigenvalue weighted by molar-refractivity contribution is 9.10.